The Morgan fingerprint density at radius 3 is 2.52 bits per heavy atom. The Morgan fingerprint density at radius 2 is 1.81 bits per heavy atom. The third-order valence-corrected chi connectivity index (χ3v) is 4.59. The predicted octanol–water partition coefficient (Wildman–Crippen LogP) is 4.75. The van der Waals surface area contributed by atoms with Crippen molar-refractivity contribution in [3.05, 3.63) is 29.8 Å². The molecule has 2 heteroatoms. The second-order valence-corrected chi connectivity index (χ2v) is 7.38. The number of para-hydroxylation sites is 1. The first kappa shape index (κ1) is 16.4. The highest BCUT2D eigenvalue weighted by Gasteiger charge is 2.28. The van der Waals surface area contributed by atoms with E-state index in [0.717, 1.165) is 12.3 Å². The van der Waals surface area contributed by atoms with Crippen LogP contribution in [0.2, 0.25) is 0 Å². The van der Waals surface area contributed by atoms with Crippen molar-refractivity contribution in [2.75, 3.05) is 13.7 Å². The molecular formula is C19H31NO. The van der Waals surface area contributed by atoms with Crippen LogP contribution >= 0.6 is 0 Å². The minimum Gasteiger partial charge on any atom is -0.496 e. The highest BCUT2D eigenvalue weighted by Crippen LogP contribution is 2.40. The van der Waals surface area contributed by atoms with Gasteiger partial charge in [-0.1, -0.05) is 37.5 Å². The first-order chi connectivity index (χ1) is 10.0. The molecule has 0 radical (unpaired) electrons. The van der Waals surface area contributed by atoms with Crippen LogP contribution in [0.5, 0.6) is 5.75 Å². The minimum atomic E-state index is 0.192. The number of hydrogen-bond acceptors (Lipinski definition) is 2. The van der Waals surface area contributed by atoms with Crippen LogP contribution in [0.3, 0.4) is 0 Å². The standard InChI is InChI=1S/C19H31NO/c1-19(2,3)20-14-15-10-6-5-7-11-16(15)17-12-8-9-13-18(17)21-4/h8-9,12-13,15-16,20H,5-7,10-11,14H2,1-4H3. The number of methoxy groups -OCH3 is 1. The van der Waals surface area contributed by atoms with Gasteiger partial charge in [-0.3, -0.25) is 0 Å². The van der Waals surface area contributed by atoms with Crippen molar-refractivity contribution in [1.82, 2.24) is 5.32 Å². The van der Waals surface area contributed by atoms with Crippen LogP contribution in [0.15, 0.2) is 24.3 Å². The first-order valence-electron chi connectivity index (χ1n) is 8.39. The third kappa shape index (κ3) is 4.74. The van der Waals surface area contributed by atoms with Crippen LogP contribution in [0, 0.1) is 5.92 Å². The molecule has 0 bridgehead atoms. The van der Waals surface area contributed by atoms with Gasteiger partial charge in [-0.2, -0.15) is 0 Å². The molecule has 2 unspecified atom stereocenters. The Kier molecular flexibility index (Phi) is 5.69. The Bertz CT molecular complexity index is 435. The summed E-state index contributed by atoms with van der Waals surface area (Å²) in [6.45, 7) is 7.86. The predicted molar refractivity (Wildman–Crippen MR) is 90.1 cm³/mol. The summed E-state index contributed by atoms with van der Waals surface area (Å²) < 4.78 is 5.61. The summed E-state index contributed by atoms with van der Waals surface area (Å²) in [6.07, 6.45) is 6.69. The Hall–Kier alpha value is -1.02. The zero-order chi connectivity index (χ0) is 15.3. The van der Waals surface area contributed by atoms with Gasteiger partial charge < -0.3 is 10.1 Å². The summed E-state index contributed by atoms with van der Waals surface area (Å²) in [5, 5.41) is 3.72. The van der Waals surface area contributed by atoms with E-state index in [1.165, 1.54) is 37.7 Å². The Balaban J connectivity index is 2.19. The molecule has 0 saturated heterocycles. The molecule has 0 aliphatic heterocycles. The van der Waals surface area contributed by atoms with Crippen molar-refractivity contribution in [2.24, 2.45) is 5.92 Å². The van der Waals surface area contributed by atoms with Gasteiger partial charge in [0.25, 0.3) is 0 Å². The topological polar surface area (TPSA) is 21.3 Å². The molecule has 1 aliphatic carbocycles. The molecule has 0 heterocycles. The SMILES string of the molecule is COc1ccccc1C1CCCCCC1CNC(C)(C)C. The van der Waals surface area contributed by atoms with Gasteiger partial charge in [0.1, 0.15) is 5.75 Å². The second kappa shape index (κ2) is 7.31. The fourth-order valence-corrected chi connectivity index (χ4v) is 3.45. The molecule has 1 saturated carbocycles. The lowest BCUT2D eigenvalue weighted by Crippen LogP contribution is -2.40. The maximum Gasteiger partial charge on any atom is 0.122 e. The highest BCUT2D eigenvalue weighted by molar-refractivity contribution is 5.36. The Labute approximate surface area is 130 Å². The number of benzene rings is 1. The van der Waals surface area contributed by atoms with Crippen molar-refractivity contribution < 1.29 is 4.74 Å². The fourth-order valence-electron chi connectivity index (χ4n) is 3.45. The van der Waals surface area contributed by atoms with Gasteiger partial charge in [0.2, 0.25) is 0 Å². The number of rotatable bonds is 4. The zero-order valence-electron chi connectivity index (χ0n) is 14.1. The second-order valence-electron chi connectivity index (χ2n) is 7.38. The Morgan fingerprint density at radius 1 is 1.10 bits per heavy atom. The quantitative estimate of drug-likeness (QED) is 0.808. The minimum absolute atomic E-state index is 0.192. The van der Waals surface area contributed by atoms with E-state index in [4.69, 9.17) is 4.74 Å². The lowest BCUT2D eigenvalue weighted by atomic mass is 9.81. The van der Waals surface area contributed by atoms with E-state index >= 15 is 0 Å². The first-order valence-corrected chi connectivity index (χ1v) is 8.39. The summed E-state index contributed by atoms with van der Waals surface area (Å²) >= 11 is 0. The maximum absolute atomic E-state index is 5.61. The average molecular weight is 289 g/mol. The van der Waals surface area contributed by atoms with Gasteiger partial charge in [-0.05, 0) is 63.6 Å². The van der Waals surface area contributed by atoms with Crippen LogP contribution in [0.4, 0.5) is 0 Å². The molecule has 2 rings (SSSR count). The monoisotopic (exact) mass is 289 g/mol. The molecule has 0 spiro atoms. The van der Waals surface area contributed by atoms with Gasteiger partial charge in [0.15, 0.2) is 0 Å². The van der Waals surface area contributed by atoms with Crippen molar-refractivity contribution >= 4 is 0 Å². The molecule has 0 aromatic heterocycles. The molecule has 2 atom stereocenters. The average Bonchev–Trinajstić information content (AvgIpc) is 2.69. The molecule has 118 valence electrons. The van der Waals surface area contributed by atoms with E-state index in [0.29, 0.717) is 11.8 Å². The molecule has 0 amide bonds. The largest absolute Gasteiger partial charge is 0.496 e. The van der Waals surface area contributed by atoms with Gasteiger partial charge in [-0.25, -0.2) is 0 Å². The van der Waals surface area contributed by atoms with E-state index in [-0.39, 0.29) is 5.54 Å². The molecule has 1 aromatic rings. The number of ether oxygens (including phenoxy) is 1. The van der Waals surface area contributed by atoms with Gasteiger partial charge in [0.05, 0.1) is 7.11 Å². The maximum atomic E-state index is 5.61. The van der Waals surface area contributed by atoms with Crippen LogP contribution in [-0.4, -0.2) is 19.2 Å². The smallest absolute Gasteiger partial charge is 0.122 e. The summed E-state index contributed by atoms with van der Waals surface area (Å²) in [5.74, 6) is 2.40. The molecule has 1 N–H and O–H groups in total. The normalized spacial score (nSPS) is 23.6. The highest BCUT2D eigenvalue weighted by atomic mass is 16.5. The third-order valence-electron chi connectivity index (χ3n) is 4.59. The van der Waals surface area contributed by atoms with E-state index in [1.54, 1.807) is 7.11 Å². The van der Waals surface area contributed by atoms with Crippen LogP contribution in [0.25, 0.3) is 0 Å². The van der Waals surface area contributed by atoms with Crippen molar-refractivity contribution in [3.8, 4) is 5.75 Å². The molecular weight excluding hydrogens is 258 g/mol. The summed E-state index contributed by atoms with van der Waals surface area (Å²) in [4.78, 5) is 0. The summed E-state index contributed by atoms with van der Waals surface area (Å²) in [6, 6.07) is 8.59. The number of hydrogen-bond donors (Lipinski definition) is 1. The van der Waals surface area contributed by atoms with Gasteiger partial charge in [0, 0.05) is 5.54 Å². The van der Waals surface area contributed by atoms with Crippen LogP contribution in [-0.2, 0) is 0 Å². The molecule has 1 aromatic carbocycles. The summed E-state index contributed by atoms with van der Waals surface area (Å²) in [5.41, 5.74) is 1.60. The van der Waals surface area contributed by atoms with Gasteiger partial charge >= 0.3 is 0 Å². The van der Waals surface area contributed by atoms with E-state index in [1.807, 2.05) is 0 Å². The van der Waals surface area contributed by atoms with E-state index in [9.17, 15) is 0 Å². The van der Waals surface area contributed by atoms with Gasteiger partial charge in [-0.15, -0.1) is 0 Å². The molecule has 2 nitrogen and oxygen atoms in total. The fraction of sp³-hybridized carbons (Fsp3) is 0.684. The van der Waals surface area contributed by atoms with E-state index in [2.05, 4.69) is 50.4 Å². The summed E-state index contributed by atoms with van der Waals surface area (Å²) in [7, 11) is 1.79. The van der Waals surface area contributed by atoms with Crippen molar-refractivity contribution in [1.29, 1.82) is 0 Å². The molecule has 1 fully saturated rings. The zero-order valence-corrected chi connectivity index (χ0v) is 14.1. The lowest BCUT2D eigenvalue weighted by molar-refractivity contribution is 0.315. The van der Waals surface area contributed by atoms with Crippen LogP contribution < -0.4 is 10.1 Å². The van der Waals surface area contributed by atoms with Crippen molar-refractivity contribution in [2.45, 2.75) is 64.3 Å². The molecule has 21 heavy (non-hydrogen) atoms. The number of nitrogens with one attached hydrogen (secondary N) is 1. The molecule has 1 aliphatic rings. The van der Waals surface area contributed by atoms with Crippen LogP contribution in [0.1, 0.15) is 64.4 Å². The lowest BCUT2D eigenvalue weighted by Gasteiger charge is -2.30. The van der Waals surface area contributed by atoms with Crippen molar-refractivity contribution in [3.63, 3.8) is 0 Å². The van der Waals surface area contributed by atoms with E-state index < -0.39 is 0 Å².